The van der Waals surface area contributed by atoms with Gasteiger partial charge in [0.2, 0.25) is 0 Å². The molecule has 0 heterocycles. The average Bonchev–Trinajstić information content (AvgIpc) is 2.33. The fraction of sp³-hybridized carbons (Fsp3) is 0.0769. The van der Waals surface area contributed by atoms with E-state index in [0.717, 1.165) is 15.9 Å². The number of halogens is 2. The smallest absolute Gasteiger partial charge is 0.133 e. The highest BCUT2D eigenvalue weighted by atomic mass is 79.9. The van der Waals surface area contributed by atoms with Crippen molar-refractivity contribution in [1.82, 2.24) is 0 Å². The van der Waals surface area contributed by atoms with Gasteiger partial charge in [-0.3, -0.25) is 0 Å². The topological polar surface area (TPSA) is 47.3 Å². The van der Waals surface area contributed by atoms with Crippen molar-refractivity contribution in [3.63, 3.8) is 0 Å². The summed E-state index contributed by atoms with van der Waals surface area (Å²) in [5.74, 6) is 0.390. The molecular formula is C13H12BrFN2O. The summed E-state index contributed by atoms with van der Waals surface area (Å²) in [4.78, 5) is 0. The lowest BCUT2D eigenvalue weighted by Crippen LogP contribution is -1.97. The van der Waals surface area contributed by atoms with Crippen molar-refractivity contribution >= 4 is 33.0 Å². The lowest BCUT2D eigenvalue weighted by atomic mass is 10.2. The van der Waals surface area contributed by atoms with Crippen LogP contribution in [0.25, 0.3) is 0 Å². The number of methoxy groups -OCH3 is 1. The first kappa shape index (κ1) is 12.7. The lowest BCUT2D eigenvalue weighted by molar-refractivity contribution is 0.412. The first-order valence-corrected chi connectivity index (χ1v) is 6.05. The Bertz CT molecular complexity index is 575. The third-order valence-electron chi connectivity index (χ3n) is 2.44. The number of hydrogen-bond acceptors (Lipinski definition) is 3. The second-order valence-corrected chi connectivity index (χ2v) is 4.56. The van der Waals surface area contributed by atoms with Gasteiger partial charge in [-0.2, -0.15) is 0 Å². The normalized spacial score (nSPS) is 10.2. The van der Waals surface area contributed by atoms with Gasteiger partial charge in [0.25, 0.3) is 0 Å². The SMILES string of the molecule is COc1ccc(Nc2ccc(F)cc2N)cc1Br. The summed E-state index contributed by atoms with van der Waals surface area (Å²) < 4.78 is 18.9. The van der Waals surface area contributed by atoms with Crippen molar-refractivity contribution in [2.45, 2.75) is 0 Å². The number of ether oxygens (including phenoxy) is 1. The standard InChI is InChI=1S/C13H12BrFN2O/c1-18-13-5-3-9(7-10(13)14)17-12-4-2-8(15)6-11(12)16/h2-7,17H,16H2,1H3. The molecule has 0 atom stereocenters. The van der Waals surface area contributed by atoms with Gasteiger partial charge in [-0.1, -0.05) is 0 Å². The molecule has 3 N–H and O–H groups in total. The van der Waals surface area contributed by atoms with Crippen LogP contribution in [0.2, 0.25) is 0 Å². The van der Waals surface area contributed by atoms with Gasteiger partial charge in [0.05, 0.1) is 23.0 Å². The van der Waals surface area contributed by atoms with Gasteiger partial charge in [0, 0.05) is 5.69 Å². The fourth-order valence-corrected chi connectivity index (χ4v) is 2.09. The average molecular weight is 311 g/mol. The Hall–Kier alpha value is -1.75. The van der Waals surface area contributed by atoms with E-state index < -0.39 is 0 Å². The molecule has 0 aliphatic heterocycles. The number of rotatable bonds is 3. The summed E-state index contributed by atoms with van der Waals surface area (Å²) >= 11 is 3.39. The summed E-state index contributed by atoms with van der Waals surface area (Å²) in [6.45, 7) is 0. The van der Waals surface area contributed by atoms with E-state index in [-0.39, 0.29) is 5.82 Å². The Morgan fingerprint density at radius 2 is 2.00 bits per heavy atom. The molecule has 0 aromatic heterocycles. The molecule has 0 aliphatic rings. The van der Waals surface area contributed by atoms with Gasteiger partial charge in [0.15, 0.2) is 0 Å². The molecule has 0 unspecified atom stereocenters. The molecular weight excluding hydrogens is 299 g/mol. The minimum atomic E-state index is -0.353. The summed E-state index contributed by atoms with van der Waals surface area (Å²) in [6, 6.07) is 9.78. The Balaban J connectivity index is 2.26. The molecule has 0 aliphatic carbocycles. The molecule has 0 saturated heterocycles. The molecule has 0 saturated carbocycles. The molecule has 2 rings (SSSR count). The largest absolute Gasteiger partial charge is 0.496 e. The van der Waals surface area contributed by atoms with Gasteiger partial charge < -0.3 is 15.8 Å². The minimum Gasteiger partial charge on any atom is -0.496 e. The van der Waals surface area contributed by atoms with Crippen LogP contribution in [0.15, 0.2) is 40.9 Å². The minimum absolute atomic E-state index is 0.353. The highest BCUT2D eigenvalue weighted by Crippen LogP contribution is 2.30. The molecule has 3 nitrogen and oxygen atoms in total. The zero-order valence-electron chi connectivity index (χ0n) is 9.71. The first-order valence-electron chi connectivity index (χ1n) is 5.26. The van der Waals surface area contributed by atoms with Crippen LogP contribution in [-0.4, -0.2) is 7.11 Å². The molecule has 0 spiro atoms. The van der Waals surface area contributed by atoms with Crippen molar-refractivity contribution in [1.29, 1.82) is 0 Å². The first-order chi connectivity index (χ1) is 8.60. The van der Waals surface area contributed by atoms with E-state index in [2.05, 4.69) is 21.2 Å². The van der Waals surface area contributed by atoms with Crippen molar-refractivity contribution in [2.24, 2.45) is 0 Å². The van der Waals surface area contributed by atoms with E-state index in [4.69, 9.17) is 10.5 Å². The molecule has 0 fully saturated rings. The molecule has 2 aromatic rings. The van der Waals surface area contributed by atoms with Crippen LogP contribution >= 0.6 is 15.9 Å². The van der Waals surface area contributed by atoms with Crippen molar-refractivity contribution < 1.29 is 9.13 Å². The zero-order valence-corrected chi connectivity index (χ0v) is 11.3. The number of nitrogens with one attached hydrogen (secondary N) is 1. The third-order valence-corrected chi connectivity index (χ3v) is 3.06. The van der Waals surface area contributed by atoms with Crippen LogP contribution in [0, 0.1) is 5.82 Å². The molecule has 0 amide bonds. The summed E-state index contributed by atoms with van der Waals surface area (Å²) in [5, 5.41) is 3.11. The van der Waals surface area contributed by atoms with Crippen molar-refractivity contribution in [2.75, 3.05) is 18.2 Å². The van der Waals surface area contributed by atoms with Gasteiger partial charge in [-0.05, 0) is 52.3 Å². The second kappa shape index (κ2) is 5.27. The fourth-order valence-electron chi connectivity index (χ4n) is 1.55. The Morgan fingerprint density at radius 3 is 2.61 bits per heavy atom. The Labute approximate surface area is 113 Å². The number of nitrogen functional groups attached to an aromatic ring is 1. The third kappa shape index (κ3) is 2.73. The summed E-state index contributed by atoms with van der Waals surface area (Å²) in [5.41, 5.74) is 7.58. The Morgan fingerprint density at radius 1 is 1.22 bits per heavy atom. The van der Waals surface area contributed by atoms with E-state index in [1.165, 1.54) is 12.1 Å². The number of hydrogen-bond donors (Lipinski definition) is 2. The van der Waals surface area contributed by atoms with E-state index in [1.807, 2.05) is 18.2 Å². The molecule has 5 heteroatoms. The lowest BCUT2D eigenvalue weighted by Gasteiger charge is -2.11. The number of benzene rings is 2. The van der Waals surface area contributed by atoms with Crippen LogP contribution in [0.5, 0.6) is 5.75 Å². The second-order valence-electron chi connectivity index (χ2n) is 3.71. The Kier molecular flexibility index (Phi) is 3.72. The molecule has 2 aromatic carbocycles. The highest BCUT2D eigenvalue weighted by Gasteiger charge is 2.04. The molecule has 18 heavy (non-hydrogen) atoms. The summed E-state index contributed by atoms with van der Waals surface area (Å²) in [6.07, 6.45) is 0. The number of anilines is 3. The van der Waals surface area contributed by atoms with Crippen LogP contribution in [0.3, 0.4) is 0 Å². The maximum absolute atomic E-state index is 12.9. The summed E-state index contributed by atoms with van der Waals surface area (Å²) in [7, 11) is 1.60. The van der Waals surface area contributed by atoms with Crippen LogP contribution < -0.4 is 15.8 Å². The van der Waals surface area contributed by atoms with E-state index in [0.29, 0.717) is 11.4 Å². The highest BCUT2D eigenvalue weighted by molar-refractivity contribution is 9.10. The van der Waals surface area contributed by atoms with Crippen LogP contribution in [-0.2, 0) is 0 Å². The zero-order chi connectivity index (χ0) is 13.1. The van der Waals surface area contributed by atoms with Crippen molar-refractivity contribution in [3.8, 4) is 5.75 Å². The van der Waals surface area contributed by atoms with Crippen molar-refractivity contribution in [3.05, 3.63) is 46.7 Å². The maximum Gasteiger partial charge on any atom is 0.133 e. The predicted molar refractivity (Wildman–Crippen MR) is 74.8 cm³/mol. The van der Waals surface area contributed by atoms with Gasteiger partial charge >= 0.3 is 0 Å². The molecule has 0 bridgehead atoms. The van der Waals surface area contributed by atoms with Crippen LogP contribution in [0.1, 0.15) is 0 Å². The molecule has 0 radical (unpaired) electrons. The van der Waals surface area contributed by atoms with E-state index >= 15 is 0 Å². The quantitative estimate of drug-likeness (QED) is 0.845. The monoisotopic (exact) mass is 310 g/mol. The van der Waals surface area contributed by atoms with Crippen LogP contribution in [0.4, 0.5) is 21.5 Å². The van der Waals surface area contributed by atoms with Gasteiger partial charge in [-0.15, -0.1) is 0 Å². The van der Waals surface area contributed by atoms with E-state index in [1.54, 1.807) is 13.2 Å². The molecule has 94 valence electrons. The predicted octanol–water partition coefficient (Wildman–Crippen LogP) is 3.92. The van der Waals surface area contributed by atoms with Gasteiger partial charge in [0.1, 0.15) is 11.6 Å². The van der Waals surface area contributed by atoms with Gasteiger partial charge in [-0.25, -0.2) is 4.39 Å². The number of nitrogens with two attached hydrogens (primary N) is 1. The van der Waals surface area contributed by atoms with E-state index in [9.17, 15) is 4.39 Å². The maximum atomic E-state index is 12.9.